The lowest BCUT2D eigenvalue weighted by atomic mass is 9.98. The van der Waals surface area contributed by atoms with Gasteiger partial charge in [0, 0.05) is 29.1 Å². The summed E-state index contributed by atoms with van der Waals surface area (Å²) in [7, 11) is 1.64. The second-order valence-electron chi connectivity index (χ2n) is 6.68. The van der Waals surface area contributed by atoms with E-state index in [2.05, 4.69) is 19.2 Å². The van der Waals surface area contributed by atoms with Crippen molar-refractivity contribution in [3.8, 4) is 5.75 Å². The first-order valence-corrected chi connectivity index (χ1v) is 8.37. The molecule has 1 aromatic heterocycles. The first-order chi connectivity index (χ1) is 11.3. The number of methoxy groups -OCH3 is 1. The minimum absolute atomic E-state index is 0.0723. The number of hydrogen-bond donors (Lipinski definition) is 1. The van der Waals surface area contributed by atoms with Gasteiger partial charge in [0.05, 0.1) is 13.4 Å². The maximum atomic E-state index is 12.1. The first-order valence-electron chi connectivity index (χ1n) is 8.37. The molecule has 0 saturated carbocycles. The van der Waals surface area contributed by atoms with Gasteiger partial charge in [0.2, 0.25) is 5.91 Å². The van der Waals surface area contributed by atoms with E-state index in [1.54, 1.807) is 19.4 Å². The zero-order valence-corrected chi connectivity index (χ0v) is 15.4. The Kier molecular flexibility index (Phi) is 5.71. The molecule has 0 bridgehead atoms. The van der Waals surface area contributed by atoms with Crippen molar-refractivity contribution in [1.82, 2.24) is 5.32 Å². The normalized spacial score (nSPS) is 12.0. The second-order valence-corrected chi connectivity index (χ2v) is 6.68. The number of amides is 1. The van der Waals surface area contributed by atoms with Crippen LogP contribution in [0.3, 0.4) is 0 Å². The predicted octanol–water partition coefficient (Wildman–Crippen LogP) is 4.62. The van der Waals surface area contributed by atoms with E-state index in [1.165, 1.54) is 0 Å². The van der Waals surface area contributed by atoms with Crippen molar-refractivity contribution in [2.24, 2.45) is 5.92 Å². The predicted molar refractivity (Wildman–Crippen MR) is 98.4 cm³/mol. The first kappa shape index (κ1) is 18.1. The van der Waals surface area contributed by atoms with E-state index in [4.69, 9.17) is 9.15 Å². The fourth-order valence-electron chi connectivity index (χ4n) is 2.80. The van der Waals surface area contributed by atoms with E-state index in [0.29, 0.717) is 12.5 Å². The molecule has 0 fully saturated rings. The molecule has 0 atom stereocenters. The maximum Gasteiger partial charge on any atom is 0.244 e. The van der Waals surface area contributed by atoms with Crippen LogP contribution in [0.5, 0.6) is 5.75 Å². The molecule has 0 aliphatic heterocycles. The third kappa shape index (κ3) is 3.81. The summed E-state index contributed by atoms with van der Waals surface area (Å²) in [5.41, 5.74) is 4.66. The van der Waals surface area contributed by atoms with Crippen molar-refractivity contribution in [2.75, 3.05) is 13.7 Å². The molecule has 0 spiro atoms. The molecule has 0 aliphatic carbocycles. The molecule has 0 saturated heterocycles. The van der Waals surface area contributed by atoms with Crippen LogP contribution in [-0.4, -0.2) is 19.6 Å². The van der Waals surface area contributed by atoms with Crippen LogP contribution in [0.2, 0.25) is 0 Å². The van der Waals surface area contributed by atoms with Gasteiger partial charge < -0.3 is 14.5 Å². The van der Waals surface area contributed by atoms with E-state index in [0.717, 1.165) is 45.4 Å². The molecule has 130 valence electrons. The number of carbonyl (C=O) groups excluding carboxylic acids is 1. The van der Waals surface area contributed by atoms with Crippen molar-refractivity contribution in [3.63, 3.8) is 0 Å². The van der Waals surface area contributed by atoms with Gasteiger partial charge in [-0.25, -0.2) is 0 Å². The lowest BCUT2D eigenvalue weighted by Gasteiger charge is -2.13. The van der Waals surface area contributed by atoms with E-state index in [9.17, 15) is 4.79 Å². The monoisotopic (exact) mass is 329 g/mol. The van der Waals surface area contributed by atoms with Crippen LogP contribution in [0.15, 0.2) is 22.8 Å². The molecular formula is C20H27NO3. The summed E-state index contributed by atoms with van der Waals surface area (Å²) < 4.78 is 11.2. The second kappa shape index (κ2) is 7.56. The number of benzene rings is 1. The number of aryl methyl sites for hydroxylation is 2. The van der Waals surface area contributed by atoms with Crippen molar-refractivity contribution in [3.05, 3.63) is 35.1 Å². The largest absolute Gasteiger partial charge is 0.496 e. The highest BCUT2D eigenvalue weighted by Gasteiger charge is 2.16. The Hall–Kier alpha value is -2.23. The fourth-order valence-corrected chi connectivity index (χ4v) is 2.80. The van der Waals surface area contributed by atoms with Crippen LogP contribution < -0.4 is 10.1 Å². The molecule has 24 heavy (non-hydrogen) atoms. The highest BCUT2D eigenvalue weighted by molar-refractivity contribution is 5.98. The summed E-state index contributed by atoms with van der Waals surface area (Å²) in [6.07, 6.45) is 4.36. The third-order valence-corrected chi connectivity index (χ3v) is 4.23. The fraction of sp³-hybridized carbons (Fsp3) is 0.450. The molecule has 0 aliphatic rings. The quantitative estimate of drug-likeness (QED) is 0.787. The Labute approximate surface area is 143 Å². The number of hydrogen-bond acceptors (Lipinski definition) is 3. The minimum atomic E-state index is -0.0723. The van der Waals surface area contributed by atoms with Crippen molar-refractivity contribution in [1.29, 1.82) is 0 Å². The summed E-state index contributed by atoms with van der Waals surface area (Å²) in [5.74, 6) is 1.25. The lowest BCUT2D eigenvalue weighted by Crippen LogP contribution is -2.23. The number of fused-ring (bicyclic) bond motifs is 1. The summed E-state index contributed by atoms with van der Waals surface area (Å²) in [6, 6.07) is 2.03. The highest BCUT2D eigenvalue weighted by atomic mass is 16.5. The number of furan rings is 1. The standard InChI is InChI=1S/C20H27NO3/c1-12(2)7-8-21-18(22)9-13(3)16-10-17-14(4)11-24-20(17)15(5)19(16)23-6/h9-12H,7-8H2,1-6H3,(H,21,22)/b13-9+. The van der Waals surface area contributed by atoms with Crippen LogP contribution in [0.4, 0.5) is 0 Å². The average Bonchev–Trinajstić information content (AvgIpc) is 2.88. The van der Waals surface area contributed by atoms with Gasteiger partial charge in [0.15, 0.2) is 0 Å². The van der Waals surface area contributed by atoms with Crippen LogP contribution in [0, 0.1) is 19.8 Å². The van der Waals surface area contributed by atoms with Gasteiger partial charge in [-0.05, 0) is 50.3 Å². The number of nitrogens with one attached hydrogen (secondary N) is 1. The molecule has 4 nitrogen and oxygen atoms in total. The SMILES string of the molecule is COc1c(/C(C)=C/C(=O)NCCC(C)C)cc2c(C)coc2c1C. The molecular weight excluding hydrogens is 302 g/mol. The third-order valence-electron chi connectivity index (χ3n) is 4.23. The Bertz CT molecular complexity index is 769. The van der Waals surface area contributed by atoms with E-state index >= 15 is 0 Å². The van der Waals surface area contributed by atoms with Gasteiger partial charge in [0.1, 0.15) is 11.3 Å². The Morgan fingerprint density at radius 1 is 1.38 bits per heavy atom. The van der Waals surface area contributed by atoms with Crippen molar-refractivity contribution < 1.29 is 13.9 Å². The molecule has 1 N–H and O–H groups in total. The molecule has 4 heteroatoms. The van der Waals surface area contributed by atoms with Crippen LogP contribution in [-0.2, 0) is 4.79 Å². The minimum Gasteiger partial charge on any atom is -0.496 e. The van der Waals surface area contributed by atoms with E-state index in [1.807, 2.05) is 26.8 Å². The van der Waals surface area contributed by atoms with Crippen molar-refractivity contribution in [2.45, 2.75) is 41.0 Å². The zero-order chi connectivity index (χ0) is 17.9. The van der Waals surface area contributed by atoms with Crippen LogP contribution >= 0.6 is 0 Å². The zero-order valence-electron chi connectivity index (χ0n) is 15.4. The Balaban J connectivity index is 2.34. The van der Waals surface area contributed by atoms with E-state index < -0.39 is 0 Å². The number of carbonyl (C=O) groups is 1. The topological polar surface area (TPSA) is 51.5 Å². The van der Waals surface area contributed by atoms with Gasteiger partial charge in [0.25, 0.3) is 0 Å². The maximum absolute atomic E-state index is 12.1. The summed E-state index contributed by atoms with van der Waals surface area (Å²) in [6.45, 7) is 10.9. The van der Waals surface area contributed by atoms with Gasteiger partial charge in [-0.15, -0.1) is 0 Å². The van der Waals surface area contributed by atoms with Crippen molar-refractivity contribution >= 4 is 22.4 Å². The lowest BCUT2D eigenvalue weighted by molar-refractivity contribution is -0.116. The Morgan fingerprint density at radius 3 is 2.71 bits per heavy atom. The molecule has 1 aromatic carbocycles. The number of rotatable bonds is 6. The van der Waals surface area contributed by atoms with Gasteiger partial charge in [-0.3, -0.25) is 4.79 Å². The molecule has 2 aromatic rings. The molecule has 0 radical (unpaired) electrons. The van der Waals surface area contributed by atoms with E-state index in [-0.39, 0.29) is 5.91 Å². The average molecular weight is 329 g/mol. The van der Waals surface area contributed by atoms with Gasteiger partial charge >= 0.3 is 0 Å². The Morgan fingerprint density at radius 2 is 2.08 bits per heavy atom. The molecule has 2 rings (SSSR count). The summed E-state index contributed by atoms with van der Waals surface area (Å²) >= 11 is 0. The highest BCUT2D eigenvalue weighted by Crippen LogP contribution is 2.37. The number of ether oxygens (including phenoxy) is 1. The molecule has 1 heterocycles. The molecule has 1 amide bonds. The van der Waals surface area contributed by atoms with Gasteiger partial charge in [-0.2, -0.15) is 0 Å². The number of allylic oxidation sites excluding steroid dienone is 1. The summed E-state index contributed by atoms with van der Waals surface area (Å²) in [5, 5.41) is 3.99. The molecule has 0 unspecified atom stereocenters. The van der Waals surface area contributed by atoms with Gasteiger partial charge in [-0.1, -0.05) is 13.8 Å². The van der Waals surface area contributed by atoms with Crippen LogP contribution in [0.25, 0.3) is 16.5 Å². The summed E-state index contributed by atoms with van der Waals surface area (Å²) in [4.78, 5) is 12.1. The van der Waals surface area contributed by atoms with Crippen LogP contribution in [0.1, 0.15) is 43.9 Å². The smallest absolute Gasteiger partial charge is 0.244 e.